The number of carbonyl (C=O) groups is 3. The minimum absolute atomic E-state index is 0.256. The highest BCUT2D eigenvalue weighted by molar-refractivity contribution is 6.33. The van der Waals surface area contributed by atoms with E-state index in [0.717, 1.165) is 5.56 Å². The molecule has 32 heavy (non-hydrogen) atoms. The first-order valence-electron chi connectivity index (χ1n) is 9.51. The molecule has 3 N–H and O–H groups in total. The Bertz CT molecular complexity index is 1100. The molecule has 0 atom stereocenters. The van der Waals surface area contributed by atoms with Crippen LogP contribution in [0.25, 0.3) is 0 Å². The van der Waals surface area contributed by atoms with Crippen LogP contribution in [-0.2, 0) is 11.4 Å². The van der Waals surface area contributed by atoms with Crippen molar-refractivity contribution in [2.45, 2.75) is 6.61 Å². The van der Waals surface area contributed by atoms with E-state index >= 15 is 0 Å². The van der Waals surface area contributed by atoms with Crippen molar-refractivity contribution < 1.29 is 19.1 Å². The van der Waals surface area contributed by atoms with Crippen LogP contribution >= 0.6 is 23.2 Å². The second-order valence-corrected chi connectivity index (χ2v) is 7.45. The molecule has 7 nitrogen and oxygen atoms in total. The molecule has 0 bridgehead atoms. The summed E-state index contributed by atoms with van der Waals surface area (Å²) in [6.07, 6.45) is 0. The summed E-state index contributed by atoms with van der Waals surface area (Å²) < 4.78 is 5.65. The first-order valence-corrected chi connectivity index (χ1v) is 10.3. The molecule has 0 aliphatic rings. The lowest BCUT2D eigenvalue weighted by Crippen LogP contribution is -2.46. The van der Waals surface area contributed by atoms with Gasteiger partial charge in [-0.2, -0.15) is 0 Å². The van der Waals surface area contributed by atoms with Crippen LogP contribution in [0.2, 0.25) is 10.0 Å². The third kappa shape index (κ3) is 6.73. The number of hydrogen-bond donors (Lipinski definition) is 3. The predicted octanol–water partition coefficient (Wildman–Crippen LogP) is 3.76. The van der Waals surface area contributed by atoms with Gasteiger partial charge < -0.3 is 10.1 Å². The van der Waals surface area contributed by atoms with Crippen LogP contribution in [0.1, 0.15) is 26.3 Å². The topological polar surface area (TPSA) is 96.5 Å². The third-order valence-corrected chi connectivity index (χ3v) is 4.86. The molecule has 0 radical (unpaired) electrons. The molecular formula is C23H19Cl2N3O4. The van der Waals surface area contributed by atoms with E-state index in [-0.39, 0.29) is 17.1 Å². The highest BCUT2D eigenvalue weighted by Gasteiger charge is 2.12. The van der Waals surface area contributed by atoms with Gasteiger partial charge in [0.1, 0.15) is 12.4 Å². The van der Waals surface area contributed by atoms with Gasteiger partial charge in [0.2, 0.25) is 0 Å². The Hall–Kier alpha value is -3.55. The van der Waals surface area contributed by atoms with Crippen LogP contribution < -0.4 is 20.9 Å². The normalized spacial score (nSPS) is 10.2. The number of carbonyl (C=O) groups excluding carboxylic acids is 3. The van der Waals surface area contributed by atoms with Gasteiger partial charge >= 0.3 is 0 Å². The zero-order chi connectivity index (χ0) is 22.9. The van der Waals surface area contributed by atoms with E-state index in [1.165, 1.54) is 0 Å². The van der Waals surface area contributed by atoms with Crippen LogP contribution in [0.4, 0.5) is 0 Å². The average Bonchev–Trinajstić information content (AvgIpc) is 2.81. The van der Waals surface area contributed by atoms with Crippen molar-refractivity contribution in [3.05, 3.63) is 99.5 Å². The van der Waals surface area contributed by atoms with Crippen LogP contribution in [0.5, 0.6) is 5.75 Å². The standard InChI is InChI=1S/C23H19Cl2N3O4/c24-17-9-11-18(12-10-17)32-14-15-5-7-16(8-6-15)22(30)28-27-21(29)13-26-23(31)19-3-1-2-4-20(19)25/h1-12H,13-14H2,(H,26,31)(H,27,29)(H,28,30). The first-order chi connectivity index (χ1) is 15.4. The number of halogens is 2. The van der Waals surface area contributed by atoms with Gasteiger partial charge in [0, 0.05) is 10.6 Å². The second kappa shape index (κ2) is 11.2. The van der Waals surface area contributed by atoms with Crippen molar-refractivity contribution in [2.75, 3.05) is 6.54 Å². The smallest absolute Gasteiger partial charge is 0.269 e. The Kier molecular flexibility index (Phi) is 8.08. The maximum absolute atomic E-state index is 12.2. The Morgan fingerprint density at radius 3 is 2.16 bits per heavy atom. The van der Waals surface area contributed by atoms with Gasteiger partial charge in [0.25, 0.3) is 17.7 Å². The van der Waals surface area contributed by atoms with E-state index in [1.54, 1.807) is 72.8 Å². The van der Waals surface area contributed by atoms with E-state index in [4.69, 9.17) is 27.9 Å². The Balaban J connectivity index is 1.42. The molecule has 164 valence electrons. The molecule has 0 aromatic heterocycles. The SMILES string of the molecule is O=C(CNC(=O)c1ccccc1Cl)NNC(=O)c1ccc(COc2ccc(Cl)cc2)cc1. The van der Waals surface area contributed by atoms with Crippen molar-refractivity contribution >= 4 is 40.9 Å². The molecule has 0 unspecified atom stereocenters. The zero-order valence-corrected chi connectivity index (χ0v) is 18.2. The highest BCUT2D eigenvalue weighted by atomic mass is 35.5. The van der Waals surface area contributed by atoms with Crippen LogP contribution in [-0.4, -0.2) is 24.3 Å². The lowest BCUT2D eigenvalue weighted by Gasteiger charge is -2.10. The molecular weight excluding hydrogens is 453 g/mol. The molecule has 0 saturated heterocycles. The summed E-state index contributed by atoms with van der Waals surface area (Å²) in [7, 11) is 0. The maximum Gasteiger partial charge on any atom is 0.269 e. The summed E-state index contributed by atoms with van der Waals surface area (Å²) in [5.74, 6) is -0.901. The molecule has 0 aliphatic carbocycles. The molecule has 0 aliphatic heterocycles. The first kappa shape index (κ1) is 23.1. The van der Waals surface area contributed by atoms with Crippen molar-refractivity contribution in [1.29, 1.82) is 0 Å². The molecule has 3 rings (SSSR count). The Labute approximate surface area is 194 Å². The van der Waals surface area contributed by atoms with E-state index in [2.05, 4.69) is 16.2 Å². The lowest BCUT2D eigenvalue weighted by molar-refractivity contribution is -0.120. The summed E-state index contributed by atoms with van der Waals surface area (Å²) in [6, 6.07) is 20.2. The minimum atomic E-state index is -0.591. The van der Waals surface area contributed by atoms with Gasteiger partial charge in [0.05, 0.1) is 17.1 Å². The summed E-state index contributed by atoms with van der Waals surface area (Å²) in [5, 5.41) is 3.34. The highest BCUT2D eigenvalue weighted by Crippen LogP contribution is 2.17. The van der Waals surface area contributed by atoms with Gasteiger partial charge in [-0.05, 0) is 54.1 Å². The van der Waals surface area contributed by atoms with Gasteiger partial charge in [-0.25, -0.2) is 0 Å². The molecule has 0 spiro atoms. The zero-order valence-electron chi connectivity index (χ0n) is 16.7. The molecule has 3 aromatic carbocycles. The molecule has 0 heterocycles. The second-order valence-electron chi connectivity index (χ2n) is 6.60. The largest absolute Gasteiger partial charge is 0.489 e. The molecule has 3 amide bonds. The lowest BCUT2D eigenvalue weighted by atomic mass is 10.1. The number of nitrogens with one attached hydrogen (secondary N) is 3. The molecule has 0 saturated carbocycles. The molecule has 3 aromatic rings. The van der Waals surface area contributed by atoms with Gasteiger partial charge in [-0.3, -0.25) is 25.2 Å². The fourth-order valence-corrected chi connectivity index (χ4v) is 2.94. The quantitative estimate of drug-likeness (QED) is 0.457. The number of hydrazine groups is 1. The summed E-state index contributed by atoms with van der Waals surface area (Å²) in [4.78, 5) is 36.1. The van der Waals surface area contributed by atoms with Crippen LogP contribution in [0.15, 0.2) is 72.8 Å². The summed E-state index contributed by atoms with van der Waals surface area (Å²) >= 11 is 11.8. The van der Waals surface area contributed by atoms with Crippen molar-refractivity contribution in [3.63, 3.8) is 0 Å². The van der Waals surface area contributed by atoms with E-state index in [1.807, 2.05) is 0 Å². The monoisotopic (exact) mass is 471 g/mol. The minimum Gasteiger partial charge on any atom is -0.489 e. The molecule has 9 heteroatoms. The van der Waals surface area contributed by atoms with Crippen LogP contribution in [0.3, 0.4) is 0 Å². The number of hydrogen-bond acceptors (Lipinski definition) is 4. The Morgan fingerprint density at radius 2 is 1.47 bits per heavy atom. The van der Waals surface area contributed by atoms with Crippen molar-refractivity contribution in [3.8, 4) is 5.75 Å². The van der Waals surface area contributed by atoms with Gasteiger partial charge in [-0.15, -0.1) is 0 Å². The van der Waals surface area contributed by atoms with Gasteiger partial charge in [-0.1, -0.05) is 47.5 Å². The van der Waals surface area contributed by atoms with E-state index < -0.39 is 17.7 Å². The summed E-state index contributed by atoms with van der Waals surface area (Å²) in [5.41, 5.74) is 6.01. The third-order valence-electron chi connectivity index (χ3n) is 4.28. The Morgan fingerprint density at radius 1 is 0.781 bits per heavy atom. The predicted molar refractivity (Wildman–Crippen MR) is 122 cm³/mol. The fourth-order valence-electron chi connectivity index (χ4n) is 2.59. The van der Waals surface area contributed by atoms with E-state index in [0.29, 0.717) is 22.9 Å². The van der Waals surface area contributed by atoms with Crippen molar-refractivity contribution in [2.24, 2.45) is 0 Å². The van der Waals surface area contributed by atoms with Crippen molar-refractivity contribution in [1.82, 2.24) is 16.2 Å². The summed E-state index contributed by atoms with van der Waals surface area (Å²) in [6.45, 7) is -0.00327. The molecule has 0 fully saturated rings. The number of amides is 3. The number of ether oxygens (including phenoxy) is 1. The fraction of sp³-hybridized carbons (Fsp3) is 0.0870. The van der Waals surface area contributed by atoms with E-state index in [9.17, 15) is 14.4 Å². The van der Waals surface area contributed by atoms with Crippen LogP contribution in [0, 0.1) is 0 Å². The number of rotatable bonds is 7. The number of benzene rings is 3. The average molecular weight is 472 g/mol. The maximum atomic E-state index is 12.2. The van der Waals surface area contributed by atoms with Gasteiger partial charge in [0.15, 0.2) is 0 Å².